The second-order valence-electron chi connectivity index (χ2n) is 4.60. The van der Waals surface area contributed by atoms with Crippen LogP contribution in [-0.2, 0) is 6.54 Å². The molecule has 2 aromatic heterocycles. The summed E-state index contributed by atoms with van der Waals surface area (Å²) in [6.45, 7) is 0.102. The summed E-state index contributed by atoms with van der Waals surface area (Å²) < 4.78 is 7.78. The number of nitrogens with zero attached hydrogens (tertiary/aromatic N) is 1. The summed E-state index contributed by atoms with van der Waals surface area (Å²) in [7, 11) is 0. The molecule has 0 atom stereocenters. The summed E-state index contributed by atoms with van der Waals surface area (Å²) in [6, 6.07) is 12.4. The van der Waals surface area contributed by atoms with Crippen molar-refractivity contribution in [3.8, 4) is 0 Å². The first-order valence-corrected chi connectivity index (χ1v) is 7.13. The van der Waals surface area contributed by atoms with Gasteiger partial charge in [0.15, 0.2) is 12.4 Å². The maximum Gasteiger partial charge on any atom is 0.347 e. The van der Waals surface area contributed by atoms with Gasteiger partial charge in [0.2, 0.25) is 12.3 Å². The first-order chi connectivity index (χ1) is 10.1. The zero-order chi connectivity index (χ0) is 14.8. The first-order valence-electron chi connectivity index (χ1n) is 6.34. The molecule has 0 aliphatic rings. The third kappa shape index (κ3) is 2.92. The molecule has 0 aliphatic heterocycles. The Bertz CT molecular complexity index is 872. The van der Waals surface area contributed by atoms with Gasteiger partial charge in [0, 0.05) is 22.0 Å². The van der Waals surface area contributed by atoms with Gasteiger partial charge in [0.25, 0.3) is 0 Å². The highest BCUT2D eigenvalue weighted by Crippen LogP contribution is 2.19. The molecular formula is C16H11BrNO3+. The van der Waals surface area contributed by atoms with E-state index in [1.165, 1.54) is 0 Å². The molecule has 3 rings (SSSR count). The standard InChI is InChI=1S/C16H11BrNO3/c17-12-4-5-15-11(8-12)9-13(16(20)21-15)14(19)10-18-6-2-1-3-7-18/h1-9H,10H2/q+1. The van der Waals surface area contributed by atoms with E-state index in [0.717, 1.165) is 4.47 Å². The minimum atomic E-state index is -0.605. The van der Waals surface area contributed by atoms with Gasteiger partial charge in [-0.2, -0.15) is 4.57 Å². The minimum absolute atomic E-state index is 0.0666. The normalized spacial score (nSPS) is 10.7. The number of benzene rings is 1. The molecule has 21 heavy (non-hydrogen) atoms. The van der Waals surface area contributed by atoms with E-state index in [9.17, 15) is 9.59 Å². The lowest BCUT2D eigenvalue weighted by atomic mass is 10.1. The average Bonchev–Trinajstić information content (AvgIpc) is 2.48. The summed E-state index contributed by atoms with van der Waals surface area (Å²) in [5, 5.41) is 0.713. The fourth-order valence-electron chi connectivity index (χ4n) is 2.08. The monoisotopic (exact) mass is 344 g/mol. The Hall–Kier alpha value is -2.27. The molecule has 0 unspecified atom stereocenters. The number of carbonyl (C=O) groups excluding carboxylic acids is 1. The minimum Gasteiger partial charge on any atom is -0.422 e. The van der Waals surface area contributed by atoms with Gasteiger partial charge >= 0.3 is 5.63 Å². The summed E-state index contributed by atoms with van der Waals surface area (Å²) in [6.07, 6.45) is 3.55. The van der Waals surface area contributed by atoms with Crippen LogP contribution in [0.25, 0.3) is 11.0 Å². The Labute approximate surface area is 128 Å². The molecule has 0 amide bonds. The van der Waals surface area contributed by atoms with E-state index >= 15 is 0 Å². The van der Waals surface area contributed by atoms with Gasteiger partial charge in [-0.3, -0.25) is 4.79 Å². The number of carbonyl (C=O) groups is 1. The van der Waals surface area contributed by atoms with Gasteiger partial charge in [-0.15, -0.1) is 0 Å². The van der Waals surface area contributed by atoms with Crippen molar-refractivity contribution in [2.24, 2.45) is 0 Å². The molecule has 0 saturated heterocycles. The smallest absolute Gasteiger partial charge is 0.347 e. The van der Waals surface area contributed by atoms with E-state index in [2.05, 4.69) is 15.9 Å². The van der Waals surface area contributed by atoms with Crippen LogP contribution < -0.4 is 10.2 Å². The molecule has 0 N–H and O–H groups in total. The molecule has 104 valence electrons. The number of halogens is 1. The molecular weight excluding hydrogens is 334 g/mol. The van der Waals surface area contributed by atoms with Gasteiger partial charge in [-0.1, -0.05) is 22.0 Å². The Morgan fingerprint density at radius 2 is 1.90 bits per heavy atom. The third-order valence-corrected chi connectivity index (χ3v) is 3.59. The van der Waals surface area contributed by atoms with E-state index in [4.69, 9.17) is 4.42 Å². The molecule has 0 spiro atoms. The number of hydrogen-bond donors (Lipinski definition) is 0. The molecule has 3 aromatic rings. The van der Waals surface area contributed by atoms with Gasteiger partial charge in [-0.25, -0.2) is 4.79 Å². The first kappa shape index (κ1) is 13.7. The lowest BCUT2D eigenvalue weighted by Crippen LogP contribution is -2.38. The van der Waals surface area contributed by atoms with Crippen LogP contribution in [0.3, 0.4) is 0 Å². The van der Waals surface area contributed by atoms with Crippen molar-refractivity contribution >= 4 is 32.7 Å². The van der Waals surface area contributed by atoms with Crippen molar-refractivity contribution in [1.82, 2.24) is 0 Å². The van der Waals surface area contributed by atoms with Crippen LogP contribution in [0, 0.1) is 0 Å². The van der Waals surface area contributed by atoms with Crippen molar-refractivity contribution in [3.05, 3.63) is 75.3 Å². The van der Waals surface area contributed by atoms with Crippen molar-refractivity contribution in [1.29, 1.82) is 0 Å². The van der Waals surface area contributed by atoms with E-state index in [1.807, 2.05) is 24.3 Å². The molecule has 0 fully saturated rings. The molecule has 0 bridgehead atoms. The zero-order valence-corrected chi connectivity index (χ0v) is 12.5. The number of pyridine rings is 1. The quantitative estimate of drug-likeness (QED) is 0.417. The van der Waals surface area contributed by atoms with Crippen LogP contribution in [0.15, 0.2) is 68.5 Å². The highest BCUT2D eigenvalue weighted by atomic mass is 79.9. The number of hydrogen-bond acceptors (Lipinski definition) is 3. The maximum atomic E-state index is 12.3. The molecule has 0 aliphatic carbocycles. The Kier molecular flexibility index (Phi) is 3.66. The summed E-state index contributed by atoms with van der Waals surface area (Å²) in [5.74, 6) is -0.276. The Morgan fingerprint density at radius 1 is 1.14 bits per heavy atom. The van der Waals surface area contributed by atoms with Gasteiger partial charge in [0.05, 0.1) is 0 Å². The number of aromatic nitrogens is 1. The van der Waals surface area contributed by atoms with Gasteiger partial charge in [0.1, 0.15) is 11.1 Å². The van der Waals surface area contributed by atoms with E-state index in [-0.39, 0.29) is 17.9 Å². The van der Waals surface area contributed by atoms with E-state index in [0.29, 0.717) is 11.0 Å². The van der Waals surface area contributed by atoms with Crippen LogP contribution in [-0.4, -0.2) is 5.78 Å². The Morgan fingerprint density at radius 3 is 2.67 bits per heavy atom. The summed E-state index contributed by atoms with van der Waals surface area (Å²) >= 11 is 3.36. The van der Waals surface area contributed by atoms with Crippen LogP contribution in [0.2, 0.25) is 0 Å². The molecule has 0 saturated carbocycles. The van der Waals surface area contributed by atoms with Crippen LogP contribution in [0.5, 0.6) is 0 Å². The van der Waals surface area contributed by atoms with E-state index in [1.54, 1.807) is 35.2 Å². The number of ketones is 1. The fourth-order valence-corrected chi connectivity index (χ4v) is 2.46. The van der Waals surface area contributed by atoms with Gasteiger partial charge < -0.3 is 4.42 Å². The predicted molar refractivity (Wildman–Crippen MR) is 81.2 cm³/mol. The molecule has 4 nitrogen and oxygen atoms in total. The van der Waals surface area contributed by atoms with Crippen LogP contribution >= 0.6 is 15.9 Å². The molecule has 5 heteroatoms. The topological polar surface area (TPSA) is 51.2 Å². The fraction of sp³-hybridized carbons (Fsp3) is 0.0625. The summed E-state index contributed by atoms with van der Waals surface area (Å²) in [4.78, 5) is 24.2. The highest BCUT2D eigenvalue weighted by molar-refractivity contribution is 9.10. The van der Waals surface area contributed by atoms with Crippen molar-refractivity contribution in [3.63, 3.8) is 0 Å². The maximum absolute atomic E-state index is 12.3. The van der Waals surface area contributed by atoms with Gasteiger partial charge in [-0.05, 0) is 24.3 Å². The van der Waals surface area contributed by atoms with E-state index < -0.39 is 5.63 Å². The predicted octanol–water partition coefficient (Wildman–Crippen LogP) is 2.73. The van der Waals surface area contributed by atoms with Crippen LogP contribution in [0.1, 0.15) is 10.4 Å². The molecule has 2 heterocycles. The zero-order valence-electron chi connectivity index (χ0n) is 11.0. The second kappa shape index (κ2) is 5.61. The highest BCUT2D eigenvalue weighted by Gasteiger charge is 2.17. The van der Waals surface area contributed by atoms with Crippen molar-refractivity contribution < 1.29 is 13.8 Å². The number of rotatable bonds is 3. The average molecular weight is 345 g/mol. The second-order valence-corrected chi connectivity index (χ2v) is 5.52. The summed E-state index contributed by atoms with van der Waals surface area (Å²) in [5.41, 5.74) is -0.0737. The molecule has 0 radical (unpaired) electrons. The number of Topliss-reactive ketones (excluding diaryl/α,β-unsaturated/α-hetero) is 1. The third-order valence-electron chi connectivity index (χ3n) is 3.10. The van der Waals surface area contributed by atoms with Crippen molar-refractivity contribution in [2.75, 3.05) is 0 Å². The SMILES string of the molecule is O=C(C[n+]1ccccc1)c1cc2cc(Br)ccc2oc1=O. The largest absolute Gasteiger partial charge is 0.422 e. The lowest BCUT2D eigenvalue weighted by Gasteiger charge is -2.01. The lowest BCUT2D eigenvalue weighted by molar-refractivity contribution is -0.683. The van der Waals surface area contributed by atoms with Crippen LogP contribution in [0.4, 0.5) is 0 Å². The Balaban J connectivity index is 2.01. The molecule has 1 aromatic carbocycles. The van der Waals surface area contributed by atoms with Crippen molar-refractivity contribution in [2.45, 2.75) is 6.54 Å². The number of fused-ring (bicyclic) bond motifs is 1.